The van der Waals surface area contributed by atoms with E-state index in [1.165, 1.54) is 12.2 Å². The highest BCUT2D eigenvalue weighted by molar-refractivity contribution is 7.99. The summed E-state index contributed by atoms with van der Waals surface area (Å²) in [4.78, 5) is 0. The van der Waals surface area contributed by atoms with Crippen LogP contribution in [0.4, 0.5) is 0 Å². The summed E-state index contributed by atoms with van der Waals surface area (Å²) in [7, 11) is -1.57. The molecule has 0 bridgehead atoms. The second kappa shape index (κ2) is 6.64. The summed E-state index contributed by atoms with van der Waals surface area (Å²) in [6, 6.07) is 0. The quantitative estimate of drug-likeness (QED) is 0.383. The maximum Gasteiger partial charge on any atom is 0.249 e. The predicted molar refractivity (Wildman–Crippen MR) is 75.0 cm³/mol. The molecule has 90 valence electrons. The molecule has 0 saturated carbocycles. The molecule has 0 aliphatic heterocycles. The molecule has 0 aliphatic carbocycles. The van der Waals surface area contributed by atoms with Crippen LogP contribution in [0.25, 0.3) is 0 Å². The van der Waals surface area contributed by atoms with Gasteiger partial charge in [-0.1, -0.05) is 27.7 Å². The zero-order valence-corrected chi connectivity index (χ0v) is 12.9. The number of thioether (sulfide) groups is 1. The fraction of sp³-hybridized carbons (Fsp3) is 0.833. The van der Waals surface area contributed by atoms with Crippen molar-refractivity contribution in [3.63, 3.8) is 0 Å². The number of rotatable bonds is 6. The largest absolute Gasteiger partial charge is 0.549 e. The Hall–Kier alpha value is 0.107. The molecule has 0 aromatic heterocycles. The van der Waals surface area contributed by atoms with Gasteiger partial charge in [-0.25, -0.2) is 0 Å². The van der Waals surface area contributed by atoms with Crippen LogP contribution in [0.5, 0.6) is 0 Å². The highest BCUT2D eigenvalue weighted by atomic mass is 32.2. The Bertz CT molecular complexity index is 194. The first-order valence-corrected chi connectivity index (χ1v) is 9.78. The normalized spacial score (nSPS) is 13.5. The molecule has 0 saturated heterocycles. The maximum absolute atomic E-state index is 5.92. The molecule has 0 spiro atoms. The van der Waals surface area contributed by atoms with E-state index in [0.717, 1.165) is 5.75 Å². The van der Waals surface area contributed by atoms with Gasteiger partial charge in [0.05, 0.1) is 6.26 Å². The summed E-state index contributed by atoms with van der Waals surface area (Å²) in [6.45, 7) is 13.5. The van der Waals surface area contributed by atoms with Gasteiger partial charge in [-0.05, 0) is 36.4 Å². The Morgan fingerprint density at radius 2 is 1.87 bits per heavy atom. The van der Waals surface area contributed by atoms with Gasteiger partial charge in [-0.15, -0.1) is 0 Å². The lowest BCUT2D eigenvalue weighted by molar-refractivity contribution is 0.429. The maximum atomic E-state index is 5.92. The minimum Gasteiger partial charge on any atom is -0.549 e. The van der Waals surface area contributed by atoms with E-state index in [4.69, 9.17) is 4.43 Å². The van der Waals surface area contributed by atoms with Crippen LogP contribution in [-0.2, 0) is 4.43 Å². The summed E-state index contributed by atoms with van der Waals surface area (Å²) in [5, 5.41) is 0.300. The zero-order valence-electron chi connectivity index (χ0n) is 11.1. The molecule has 0 N–H and O–H groups in total. The van der Waals surface area contributed by atoms with E-state index in [9.17, 15) is 0 Å². The fourth-order valence-corrected chi connectivity index (χ4v) is 2.19. The Kier molecular flexibility index (Phi) is 6.69. The molecule has 0 rings (SSSR count). The van der Waals surface area contributed by atoms with Crippen molar-refractivity contribution in [2.45, 2.75) is 52.2 Å². The van der Waals surface area contributed by atoms with E-state index in [-0.39, 0.29) is 0 Å². The summed E-state index contributed by atoms with van der Waals surface area (Å²) in [5.41, 5.74) is 0. The molecule has 3 heteroatoms. The second-order valence-corrected chi connectivity index (χ2v) is 11.2. The van der Waals surface area contributed by atoms with Crippen molar-refractivity contribution >= 4 is 20.1 Å². The van der Waals surface area contributed by atoms with E-state index in [1.54, 1.807) is 0 Å². The molecule has 0 radical (unpaired) electrons. The van der Waals surface area contributed by atoms with Crippen LogP contribution in [-0.4, -0.2) is 19.8 Å². The van der Waals surface area contributed by atoms with E-state index in [2.05, 4.69) is 46.9 Å². The predicted octanol–water partition coefficient (Wildman–Crippen LogP) is 4.67. The fourth-order valence-electron chi connectivity index (χ4n) is 0.730. The van der Waals surface area contributed by atoms with Crippen LogP contribution < -0.4 is 0 Å². The third-order valence-corrected chi connectivity index (χ3v) is 8.29. The van der Waals surface area contributed by atoms with Crippen LogP contribution in [0.3, 0.4) is 0 Å². The van der Waals surface area contributed by atoms with Crippen LogP contribution in [0.1, 0.15) is 34.1 Å². The molecule has 0 aromatic rings. The van der Waals surface area contributed by atoms with Gasteiger partial charge >= 0.3 is 0 Å². The number of hydrogen-bond acceptors (Lipinski definition) is 2. The Morgan fingerprint density at radius 3 is 2.33 bits per heavy atom. The van der Waals surface area contributed by atoms with Gasteiger partial charge < -0.3 is 4.43 Å². The van der Waals surface area contributed by atoms with Crippen LogP contribution >= 0.6 is 11.8 Å². The lowest BCUT2D eigenvalue weighted by Gasteiger charge is -2.34. The second-order valence-electron chi connectivity index (χ2n) is 5.32. The van der Waals surface area contributed by atoms with Crippen molar-refractivity contribution in [1.29, 1.82) is 0 Å². The molecule has 0 unspecified atom stereocenters. The van der Waals surface area contributed by atoms with Crippen molar-refractivity contribution in [2.24, 2.45) is 0 Å². The smallest absolute Gasteiger partial charge is 0.249 e. The lowest BCUT2D eigenvalue weighted by Crippen LogP contribution is -2.39. The third kappa shape index (κ3) is 6.31. The molecule has 0 aromatic carbocycles. The van der Waals surface area contributed by atoms with Crippen molar-refractivity contribution in [2.75, 3.05) is 11.5 Å². The van der Waals surface area contributed by atoms with Crippen molar-refractivity contribution in [1.82, 2.24) is 0 Å². The van der Waals surface area contributed by atoms with Gasteiger partial charge in [-0.3, -0.25) is 0 Å². The Balaban J connectivity index is 3.84. The minimum atomic E-state index is -1.57. The Morgan fingerprint density at radius 1 is 1.27 bits per heavy atom. The van der Waals surface area contributed by atoms with E-state index in [1.807, 2.05) is 18.0 Å². The van der Waals surface area contributed by atoms with E-state index in [0.29, 0.717) is 5.04 Å². The van der Waals surface area contributed by atoms with Crippen LogP contribution in [0, 0.1) is 0 Å². The summed E-state index contributed by atoms with van der Waals surface area (Å²) in [5.74, 6) is 2.31. The molecule has 0 fully saturated rings. The first-order valence-electron chi connectivity index (χ1n) is 5.72. The molecular weight excluding hydrogens is 220 g/mol. The van der Waals surface area contributed by atoms with Crippen molar-refractivity contribution in [3.8, 4) is 0 Å². The molecule has 0 aliphatic rings. The van der Waals surface area contributed by atoms with Gasteiger partial charge in [0.25, 0.3) is 0 Å². The van der Waals surface area contributed by atoms with Crippen LogP contribution in [0.2, 0.25) is 18.1 Å². The lowest BCUT2D eigenvalue weighted by atomic mass is 10.2. The molecule has 0 atom stereocenters. The van der Waals surface area contributed by atoms with Gasteiger partial charge in [0, 0.05) is 5.75 Å². The number of hydrogen-bond donors (Lipinski definition) is 0. The van der Waals surface area contributed by atoms with Gasteiger partial charge in [0.15, 0.2) is 0 Å². The topological polar surface area (TPSA) is 9.23 Å². The van der Waals surface area contributed by atoms with Gasteiger partial charge in [0.1, 0.15) is 0 Å². The Labute approximate surface area is 101 Å². The minimum absolute atomic E-state index is 0.300. The standard InChI is InChI=1S/C12H26OSSi/c1-7-10-14-11-8-9-13-15(5,6)12(2,3)4/h8-9H,7,10-11H2,1-6H3. The summed E-state index contributed by atoms with van der Waals surface area (Å²) in [6.07, 6.45) is 5.31. The SMILES string of the molecule is CCCSCC=CO[Si](C)(C)C(C)(C)C. The average Bonchev–Trinajstić information content (AvgIpc) is 2.09. The van der Waals surface area contributed by atoms with E-state index < -0.39 is 8.32 Å². The van der Waals surface area contributed by atoms with Gasteiger partial charge in [-0.2, -0.15) is 11.8 Å². The van der Waals surface area contributed by atoms with Crippen molar-refractivity contribution in [3.05, 3.63) is 12.3 Å². The van der Waals surface area contributed by atoms with Crippen LogP contribution in [0.15, 0.2) is 12.3 Å². The highest BCUT2D eigenvalue weighted by Gasteiger charge is 2.37. The van der Waals surface area contributed by atoms with E-state index >= 15 is 0 Å². The van der Waals surface area contributed by atoms with Crippen molar-refractivity contribution < 1.29 is 4.43 Å². The molecule has 0 amide bonds. The average molecular weight is 246 g/mol. The summed E-state index contributed by atoms with van der Waals surface area (Å²) >= 11 is 1.96. The first-order chi connectivity index (χ1) is 6.81. The monoisotopic (exact) mass is 246 g/mol. The molecule has 15 heavy (non-hydrogen) atoms. The first kappa shape index (κ1) is 15.1. The van der Waals surface area contributed by atoms with Gasteiger partial charge in [0.2, 0.25) is 8.32 Å². The zero-order chi connectivity index (χ0) is 11.9. The molecular formula is C12H26OSSi. The molecule has 0 heterocycles. The third-order valence-electron chi connectivity index (χ3n) is 2.83. The summed E-state index contributed by atoms with van der Waals surface area (Å²) < 4.78 is 5.92. The molecule has 1 nitrogen and oxygen atoms in total. The highest BCUT2D eigenvalue weighted by Crippen LogP contribution is 2.36.